The Morgan fingerprint density at radius 3 is 2.17 bits per heavy atom. The van der Waals surface area contributed by atoms with Crippen molar-refractivity contribution in [2.24, 2.45) is 4.99 Å². The Morgan fingerprint density at radius 1 is 1.42 bits per heavy atom. The molecule has 1 N–H and O–H groups in total. The summed E-state index contributed by atoms with van der Waals surface area (Å²) in [4.78, 5) is 16.2. The van der Waals surface area contributed by atoms with Gasteiger partial charge in [-0.3, -0.25) is 5.32 Å². The zero-order valence-corrected chi connectivity index (χ0v) is 8.01. The zero-order chi connectivity index (χ0) is 9.72. The summed E-state index contributed by atoms with van der Waals surface area (Å²) in [6, 6.07) is -0.196. The van der Waals surface area contributed by atoms with Crippen LogP contribution >= 0.6 is 0 Å². The highest BCUT2D eigenvalue weighted by atomic mass is 16.2. The van der Waals surface area contributed by atoms with Crippen LogP contribution in [0.4, 0.5) is 4.79 Å². The Balaban J connectivity index is 4.34. The van der Waals surface area contributed by atoms with Gasteiger partial charge in [-0.05, 0) is 26.1 Å². The van der Waals surface area contributed by atoms with E-state index in [1.165, 1.54) is 4.90 Å². The minimum Gasteiger partial charge on any atom is -0.331 e. The third-order valence-corrected chi connectivity index (χ3v) is 1.26. The second-order valence-electron chi connectivity index (χ2n) is 2.83. The van der Waals surface area contributed by atoms with Crippen LogP contribution in [0.1, 0.15) is 13.8 Å². The van der Waals surface area contributed by atoms with E-state index >= 15 is 0 Å². The molecule has 0 aromatic heterocycles. The number of hydrogen-bond donors (Lipinski definition) is 1. The molecule has 0 bridgehead atoms. The molecule has 12 heavy (non-hydrogen) atoms. The number of hydrogen-bond acceptors (Lipinski definition) is 2. The van der Waals surface area contributed by atoms with Crippen LogP contribution in [0.15, 0.2) is 16.4 Å². The van der Waals surface area contributed by atoms with Crippen LogP contribution in [0.5, 0.6) is 0 Å². The van der Waals surface area contributed by atoms with Gasteiger partial charge in [-0.1, -0.05) is 0 Å². The number of aliphatic imine (C=N–C) groups is 1. The van der Waals surface area contributed by atoms with E-state index in [0.717, 1.165) is 5.57 Å². The highest BCUT2D eigenvalue weighted by Crippen LogP contribution is 1.99. The summed E-state index contributed by atoms with van der Waals surface area (Å²) in [6.07, 6.45) is 0. The molecule has 0 aromatic rings. The Labute approximate surface area is 73.0 Å². The predicted octanol–water partition coefficient (Wildman–Crippen LogP) is 1.21. The fourth-order valence-electron chi connectivity index (χ4n) is 0.536. The van der Waals surface area contributed by atoms with Crippen molar-refractivity contribution in [2.75, 3.05) is 14.1 Å². The largest absolute Gasteiger partial charge is 0.331 e. The molecular weight excluding hydrogens is 154 g/mol. The second-order valence-corrected chi connectivity index (χ2v) is 2.83. The summed E-state index contributed by atoms with van der Waals surface area (Å²) in [5.74, 6) is 0.522. The van der Waals surface area contributed by atoms with E-state index in [9.17, 15) is 4.79 Å². The zero-order valence-electron chi connectivity index (χ0n) is 8.01. The predicted molar refractivity (Wildman–Crippen MR) is 50.1 cm³/mol. The molecule has 68 valence electrons. The van der Waals surface area contributed by atoms with Crippen molar-refractivity contribution >= 4 is 12.7 Å². The summed E-state index contributed by atoms with van der Waals surface area (Å²) in [5.41, 5.74) is 0.931. The Bertz CT molecular complexity index is 214. The molecule has 0 aliphatic carbocycles. The first kappa shape index (κ1) is 10.7. The maximum atomic E-state index is 11.1. The maximum absolute atomic E-state index is 11.1. The van der Waals surface area contributed by atoms with Gasteiger partial charge in [0.05, 0.1) is 0 Å². The lowest BCUT2D eigenvalue weighted by Gasteiger charge is -2.12. The quantitative estimate of drug-likeness (QED) is 0.620. The lowest BCUT2D eigenvalue weighted by atomic mass is 10.3. The van der Waals surface area contributed by atoms with Gasteiger partial charge in [-0.25, -0.2) is 9.79 Å². The van der Waals surface area contributed by atoms with Gasteiger partial charge in [0.15, 0.2) is 0 Å². The fourth-order valence-corrected chi connectivity index (χ4v) is 0.536. The molecule has 0 aromatic carbocycles. The number of carbonyl (C=O) groups excluding carboxylic acids is 1. The molecule has 0 spiro atoms. The molecule has 0 radical (unpaired) electrons. The molecular formula is C8H15N3O. The molecule has 4 nitrogen and oxygen atoms in total. The first-order valence-electron chi connectivity index (χ1n) is 3.61. The normalized spacial score (nSPS) is 8.67. The van der Waals surface area contributed by atoms with Gasteiger partial charge in [-0.2, -0.15) is 0 Å². The minimum absolute atomic E-state index is 0.196. The Hall–Kier alpha value is -1.32. The van der Waals surface area contributed by atoms with Gasteiger partial charge in [-0.15, -0.1) is 0 Å². The second kappa shape index (κ2) is 4.54. The summed E-state index contributed by atoms with van der Waals surface area (Å²) in [6.45, 7) is 7.08. The standard InChI is InChI=1S/C8H15N3O/c1-6(2)7(9-3)10-8(12)11(4)5/h3H2,1-2,4-5H3,(H,10,12). The molecule has 0 atom stereocenters. The van der Waals surface area contributed by atoms with Crippen LogP contribution in [0.2, 0.25) is 0 Å². The number of nitrogens with one attached hydrogen (secondary N) is 1. The van der Waals surface area contributed by atoms with Crippen LogP contribution in [-0.4, -0.2) is 31.7 Å². The van der Waals surface area contributed by atoms with Crippen LogP contribution < -0.4 is 5.32 Å². The van der Waals surface area contributed by atoms with E-state index in [1.807, 2.05) is 13.8 Å². The van der Waals surface area contributed by atoms with E-state index < -0.39 is 0 Å². The van der Waals surface area contributed by atoms with Crippen LogP contribution in [-0.2, 0) is 0 Å². The van der Waals surface area contributed by atoms with Crippen molar-refractivity contribution in [3.05, 3.63) is 11.4 Å². The number of rotatable bonds is 2. The van der Waals surface area contributed by atoms with Crippen molar-refractivity contribution in [2.45, 2.75) is 13.8 Å². The highest BCUT2D eigenvalue weighted by molar-refractivity contribution is 5.75. The smallest absolute Gasteiger partial charge is 0.322 e. The van der Waals surface area contributed by atoms with Crippen molar-refractivity contribution < 1.29 is 4.79 Å². The van der Waals surface area contributed by atoms with E-state index in [2.05, 4.69) is 17.0 Å². The lowest BCUT2D eigenvalue weighted by molar-refractivity contribution is 0.220. The minimum atomic E-state index is -0.196. The molecule has 0 fully saturated rings. The Kier molecular flexibility index (Phi) is 4.04. The van der Waals surface area contributed by atoms with Crippen LogP contribution in [0.25, 0.3) is 0 Å². The van der Waals surface area contributed by atoms with Crippen molar-refractivity contribution in [1.82, 2.24) is 10.2 Å². The van der Waals surface area contributed by atoms with E-state index in [1.54, 1.807) is 14.1 Å². The molecule has 0 saturated carbocycles. The molecule has 0 aliphatic rings. The monoisotopic (exact) mass is 169 g/mol. The first-order chi connectivity index (χ1) is 5.49. The number of allylic oxidation sites excluding steroid dienone is 1. The SMILES string of the molecule is C=NC(NC(=O)N(C)C)=C(C)C. The van der Waals surface area contributed by atoms with Gasteiger partial charge >= 0.3 is 6.03 Å². The van der Waals surface area contributed by atoms with Gasteiger partial charge < -0.3 is 4.90 Å². The Morgan fingerprint density at radius 2 is 1.92 bits per heavy atom. The third kappa shape index (κ3) is 3.18. The number of amides is 2. The maximum Gasteiger partial charge on any atom is 0.322 e. The topological polar surface area (TPSA) is 44.7 Å². The number of urea groups is 1. The van der Waals surface area contributed by atoms with E-state index in [4.69, 9.17) is 0 Å². The van der Waals surface area contributed by atoms with Gasteiger partial charge in [0.2, 0.25) is 0 Å². The lowest BCUT2D eigenvalue weighted by Crippen LogP contribution is -2.33. The first-order valence-corrected chi connectivity index (χ1v) is 3.61. The number of nitrogens with zero attached hydrogens (tertiary/aromatic N) is 2. The van der Waals surface area contributed by atoms with E-state index in [-0.39, 0.29) is 6.03 Å². The van der Waals surface area contributed by atoms with Crippen molar-refractivity contribution in [3.8, 4) is 0 Å². The molecule has 0 aliphatic heterocycles. The van der Waals surface area contributed by atoms with Gasteiger partial charge in [0.1, 0.15) is 5.82 Å². The van der Waals surface area contributed by atoms with Gasteiger partial charge in [0.25, 0.3) is 0 Å². The van der Waals surface area contributed by atoms with Crippen molar-refractivity contribution in [3.63, 3.8) is 0 Å². The molecule has 0 unspecified atom stereocenters. The molecule has 0 saturated heterocycles. The summed E-state index contributed by atoms with van der Waals surface area (Å²) in [5, 5.41) is 2.60. The molecule has 0 rings (SSSR count). The van der Waals surface area contributed by atoms with Crippen LogP contribution in [0.3, 0.4) is 0 Å². The summed E-state index contributed by atoms with van der Waals surface area (Å²) < 4.78 is 0. The molecule has 2 amide bonds. The highest BCUT2D eigenvalue weighted by Gasteiger charge is 2.04. The summed E-state index contributed by atoms with van der Waals surface area (Å²) in [7, 11) is 3.34. The molecule has 4 heteroatoms. The third-order valence-electron chi connectivity index (χ3n) is 1.26. The average Bonchev–Trinajstić information content (AvgIpc) is 1.98. The molecule has 0 heterocycles. The average molecular weight is 169 g/mol. The van der Waals surface area contributed by atoms with Crippen LogP contribution in [0, 0.1) is 0 Å². The van der Waals surface area contributed by atoms with Crippen molar-refractivity contribution in [1.29, 1.82) is 0 Å². The van der Waals surface area contributed by atoms with E-state index in [0.29, 0.717) is 5.82 Å². The summed E-state index contributed by atoms with van der Waals surface area (Å²) >= 11 is 0. The van der Waals surface area contributed by atoms with Gasteiger partial charge in [0, 0.05) is 14.1 Å². The fraction of sp³-hybridized carbons (Fsp3) is 0.500. The number of carbonyl (C=O) groups is 1.